The molecule has 0 spiro atoms. The Hall–Kier alpha value is -2.54. The number of aromatic nitrogens is 1. The molecule has 18 heavy (non-hydrogen) atoms. The molecule has 0 saturated heterocycles. The highest BCUT2D eigenvalue weighted by atomic mass is 16.5. The Morgan fingerprint density at radius 1 is 1.44 bits per heavy atom. The number of rotatable bonds is 4. The zero-order chi connectivity index (χ0) is 13.0. The fourth-order valence-electron chi connectivity index (χ4n) is 1.64. The smallest absolute Gasteiger partial charge is 0.341 e. The van der Waals surface area contributed by atoms with Gasteiger partial charge in [0.1, 0.15) is 11.3 Å². The second-order valence-corrected chi connectivity index (χ2v) is 3.63. The summed E-state index contributed by atoms with van der Waals surface area (Å²) in [7, 11) is 0. The van der Waals surface area contributed by atoms with Crippen LogP contribution >= 0.6 is 0 Å². The molecule has 1 aromatic carbocycles. The molecule has 2 rings (SSSR count). The minimum absolute atomic E-state index is 0.0470. The Kier molecular flexibility index (Phi) is 3.44. The Morgan fingerprint density at radius 2 is 2.22 bits per heavy atom. The van der Waals surface area contributed by atoms with Crippen LogP contribution in [0.1, 0.15) is 16.8 Å². The molecule has 2 aromatic rings. The maximum absolute atomic E-state index is 11.1. The lowest BCUT2D eigenvalue weighted by Gasteiger charge is -2.10. The zero-order valence-electron chi connectivity index (χ0n) is 9.59. The van der Waals surface area contributed by atoms with Gasteiger partial charge in [0.25, 0.3) is 0 Å². The van der Waals surface area contributed by atoms with Crippen LogP contribution in [0.15, 0.2) is 30.5 Å². The van der Waals surface area contributed by atoms with Crippen molar-refractivity contribution in [2.24, 2.45) is 0 Å². The number of aromatic carboxylic acids is 1. The SMILES string of the molecule is C#CCCOc1c(C(=O)O)cnc2ccccc12. The lowest BCUT2D eigenvalue weighted by molar-refractivity contribution is 0.0692. The summed E-state index contributed by atoms with van der Waals surface area (Å²) in [6.07, 6.45) is 6.87. The minimum Gasteiger partial charge on any atom is -0.491 e. The van der Waals surface area contributed by atoms with Gasteiger partial charge in [-0.15, -0.1) is 12.3 Å². The van der Waals surface area contributed by atoms with E-state index in [2.05, 4.69) is 10.9 Å². The number of hydrogen-bond acceptors (Lipinski definition) is 3. The number of fused-ring (bicyclic) bond motifs is 1. The topological polar surface area (TPSA) is 59.4 Å². The van der Waals surface area contributed by atoms with Crippen molar-refractivity contribution in [2.45, 2.75) is 6.42 Å². The third-order valence-electron chi connectivity index (χ3n) is 2.45. The van der Waals surface area contributed by atoms with Gasteiger partial charge in [-0.1, -0.05) is 12.1 Å². The molecule has 0 atom stereocenters. The Labute approximate surface area is 104 Å². The fraction of sp³-hybridized carbons (Fsp3) is 0.143. The quantitative estimate of drug-likeness (QED) is 0.659. The zero-order valence-corrected chi connectivity index (χ0v) is 9.59. The highest BCUT2D eigenvalue weighted by Crippen LogP contribution is 2.28. The second kappa shape index (κ2) is 5.19. The van der Waals surface area contributed by atoms with Crippen LogP contribution in [0.2, 0.25) is 0 Å². The molecule has 0 bridgehead atoms. The molecule has 0 unspecified atom stereocenters. The molecule has 90 valence electrons. The number of carboxylic acids is 1. The van der Waals surface area contributed by atoms with E-state index < -0.39 is 5.97 Å². The van der Waals surface area contributed by atoms with Crippen molar-refractivity contribution in [3.63, 3.8) is 0 Å². The van der Waals surface area contributed by atoms with Gasteiger partial charge in [-0.05, 0) is 12.1 Å². The first-order chi connectivity index (χ1) is 8.74. The van der Waals surface area contributed by atoms with Crippen LogP contribution in [0.3, 0.4) is 0 Å². The molecule has 1 N–H and O–H groups in total. The Bertz CT molecular complexity index is 628. The van der Waals surface area contributed by atoms with E-state index in [1.807, 2.05) is 12.1 Å². The van der Waals surface area contributed by atoms with Crippen molar-refractivity contribution in [3.05, 3.63) is 36.0 Å². The molecular formula is C14H11NO3. The number of pyridine rings is 1. The molecule has 0 saturated carbocycles. The molecule has 1 aromatic heterocycles. The van der Waals surface area contributed by atoms with Crippen molar-refractivity contribution in [3.8, 4) is 18.1 Å². The molecule has 1 heterocycles. The summed E-state index contributed by atoms with van der Waals surface area (Å²) in [5.74, 6) is 1.70. The molecular weight excluding hydrogens is 230 g/mol. The predicted octanol–water partition coefficient (Wildman–Crippen LogP) is 2.34. The predicted molar refractivity (Wildman–Crippen MR) is 67.6 cm³/mol. The van der Waals surface area contributed by atoms with Crippen LogP contribution in [-0.2, 0) is 0 Å². The van der Waals surface area contributed by atoms with Crippen molar-refractivity contribution in [1.29, 1.82) is 0 Å². The monoisotopic (exact) mass is 241 g/mol. The van der Waals surface area contributed by atoms with Gasteiger partial charge in [0.15, 0.2) is 0 Å². The summed E-state index contributed by atoms with van der Waals surface area (Å²) in [5.41, 5.74) is 0.740. The van der Waals surface area contributed by atoms with Crippen LogP contribution in [-0.4, -0.2) is 22.7 Å². The van der Waals surface area contributed by atoms with Crippen LogP contribution in [0.4, 0.5) is 0 Å². The van der Waals surface area contributed by atoms with Gasteiger partial charge in [0, 0.05) is 18.0 Å². The van der Waals surface area contributed by atoms with Crippen molar-refractivity contribution in [2.75, 3.05) is 6.61 Å². The summed E-state index contributed by atoms with van der Waals surface area (Å²) in [5, 5.41) is 9.80. The Morgan fingerprint density at radius 3 is 2.94 bits per heavy atom. The molecule has 0 aliphatic heterocycles. The summed E-state index contributed by atoms with van der Waals surface area (Å²) in [6, 6.07) is 7.22. The number of ether oxygens (including phenoxy) is 1. The largest absolute Gasteiger partial charge is 0.491 e. The highest BCUT2D eigenvalue weighted by Gasteiger charge is 2.15. The normalized spacial score (nSPS) is 9.94. The van der Waals surface area contributed by atoms with Gasteiger partial charge in [-0.3, -0.25) is 4.98 Å². The van der Waals surface area contributed by atoms with E-state index in [4.69, 9.17) is 16.3 Å². The summed E-state index contributed by atoms with van der Waals surface area (Å²) >= 11 is 0. The molecule has 0 radical (unpaired) electrons. The standard InChI is InChI=1S/C14H11NO3/c1-2-3-8-18-13-10-6-4-5-7-12(10)15-9-11(13)14(16)17/h1,4-7,9H,3,8H2,(H,16,17). The first-order valence-electron chi connectivity index (χ1n) is 5.41. The van der Waals surface area contributed by atoms with E-state index in [0.29, 0.717) is 23.1 Å². The van der Waals surface area contributed by atoms with Crippen molar-refractivity contribution >= 4 is 16.9 Å². The van der Waals surface area contributed by atoms with Gasteiger partial charge in [0.2, 0.25) is 0 Å². The summed E-state index contributed by atoms with van der Waals surface area (Å²) < 4.78 is 5.49. The van der Waals surface area contributed by atoms with Gasteiger partial charge in [-0.25, -0.2) is 4.79 Å². The average molecular weight is 241 g/mol. The van der Waals surface area contributed by atoms with Crippen molar-refractivity contribution < 1.29 is 14.6 Å². The van der Waals surface area contributed by atoms with Gasteiger partial charge in [-0.2, -0.15) is 0 Å². The van der Waals surface area contributed by atoms with E-state index in [-0.39, 0.29) is 12.2 Å². The third-order valence-corrected chi connectivity index (χ3v) is 2.45. The van der Waals surface area contributed by atoms with Crippen molar-refractivity contribution in [1.82, 2.24) is 4.98 Å². The maximum Gasteiger partial charge on any atom is 0.341 e. The lowest BCUT2D eigenvalue weighted by Crippen LogP contribution is -2.05. The molecule has 4 nitrogen and oxygen atoms in total. The van der Waals surface area contributed by atoms with E-state index in [0.717, 1.165) is 0 Å². The van der Waals surface area contributed by atoms with E-state index >= 15 is 0 Å². The summed E-state index contributed by atoms with van der Waals surface area (Å²) in [4.78, 5) is 15.2. The maximum atomic E-state index is 11.1. The molecule has 0 aliphatic carbocycles. The number of para-hydroxylation sites is 1. The molecule has 0 aliphatic rings. The third kappa shape index (κ3) is 2.25. The number of benzene rings is 1. The van der Waals surface area contributed by atoms with Gasteiger partial charge >= 0.3 is 5.97 Å². The van der Waals surface area contributed by atoms with Crippen LogP contribution in [0, 0.1) is 12.3 Å². The number of carboxylic acid groups (broad SMARTS) is 1. The highest BCUT2D eigenvalue weighted by molar-refractivity contribution is 5.98. The number of carbonyl (C=O) groups is 1. The van der Waals surface area contributed by atoms with Gasteiger partial charge < -0.3 is 9.84 Å². The fourth-order valence-corrected chi connectivity index (χ4v) is 1.64. The van der Waals surface area contributed by atoms with Crippen LogP contribution < -0.4 is 4.74 Å². The van der Waals surface area contributed by atoms with Crippen LogP contribution in [0.25, 0.3) is 10.9 Å². The van der Waals surface area contributed by atoms with E-state index in [1.165, 1.54) is 6.20 Å². The molecule has 0 fully saturated rings. The Balaban J connectivity index is 2.52. The van der Waals surface area contributed by atoms with E-state index in [9.17, 15) is 4.79 Å². The number of terminal acetylenes is 1. The first-order valence-corrected chi connectivity index (χ1v) is 5.41. The first kappa shape index (κ1) is 11.9. The van der Waals surface area contributed by atoms with Crippen LogP contribution in [0.5, 0.6) is 5.75 Å². The second-order valence-electron chi connectivity index (χ2n) is 3.63. The minimum atomic E-state index is -1.07. The molecule has 4 heteroatoms. The number of nitrogens with zero attached hydrogens (tertiary/aromatic N) is 1. The molecule has 0 amide bonds. The average Bonchev–Trinajstić information content (AvgIpc) is 2.38. The number of hydrogen-bond donors (Lipinski definition) is 1. The van der Waals surface area contributed by atoms with E-state index in [1.54, 1.807) is 12.1 Å². The van der Waals surface area contributed by atoms with Gasteiger partial charge in [0.05, 0.1) is 12.1 Å². The summed E-state index contributed by atoms with van der Waals surface area (Å²) in [6.45, 7) is 0.283. The lowest BCUT2D eigenvalue weighted by atomic mass is 10.1.